The van der Waals surface area contributed by atoms with E-state index in [4.69, 9.17) is 9.47 Å². The number of rotatable bonds is 6. The second kappa shape index (κ2) is 7.99. The number of benzene rings is 1. The maximum atomic E-state index is 11.1. The van der Waals surface area contributed by atoms with E-state index < -0.39 is 11.4 Å². The summed E-state index contributed by atoms with van der Waals surface area (Å²) in [5, 5.41) is 14.8. The molecule has 1 aromatic rings. The molecule has 0 aromatic heterocycles. The molecule has 1 spiro atoms. The lowest BCUT2D eigenvalue weighted by molar-refractivity contribution is -0.319. The predicted octanol–water partition coefficient (Wildman–Crippen LogP) is 4.95. The van der Waals surface area contributed by atoms with Gasteiger partial charge in [0.25, 0.3) is 0 Å². The summed E-state index contributed by atoms with van der Waals surface area (Å²) < 4.78 is 13.3. The molecule has 2 saturated carbocycles. The lowest BCUT2D eigenvalue weighted by atomic mass is 9.78. The molecule has 4 nitrogen and oxygen atoms in total. The minimum absolute atomic E-state index is 0.0910. The highest BCUT2D eigenvalue weighted by Crippen LogP contribution is 2.44. The highest BCUT2D eigenvalue weighted by molar-refractivity contribution is 9.10. The molecule has 28 heavy (non-hydrogen) atoms. The standard InChI is InChI=1S/C23H34BrNO3/c1-21(2)15-27-23(28-16-21)11-9-22(26,10-12-23)13-14-25-20(17-3-4-17)18-5-7-19(24)8-6-18/h5-8,17,20,25-26H,3-4,9-16H2,1-2H3. The van der Waals surface area contributed by atoms with Gasteiger partial charge in [-0.1, -0.05) is 41.9 Å². The van der Waals surface area contributed by atoms with E-state index in [1.165, 1.54) is 18.4 Å². The van der Waals surface area contributed by atoms with Crippen LogP contribution in [0.2, 0.25) is 0 Å². The molecule has 1 unspecified atom stereocenters. The smallest absolute Gasteiger partial charge is 0.168 e. The maximum absolute atomic E-state index is 11.1. The van der Waals surface area contributed by atoms with E-state index in [-0.39, 0.29) is 5.41 Å². The zero-order valence-electron chi connectivity index (χ0n) is 17.2. The Morgan fingerprint density at radius 1 is 1.07 bits per heavy atom. The topological polar surface area (TPSA) is 50.7 Å². The molecule has 0 bridgehead atoms. The largest absolute Gasteiger partial charge is 0.390 e. The molecule has 5 heteroatoms. The van der Waals surface area contributed by atoms with Gasteiger partial charge in [0.2, 0.25) is 0 Å². The van der Waals surface area contributed by atoms with Gasteiger partial charge in [-0.2, -0.15) is 0 Å². The van der Waals surface area contributed by atoms with Crippen molar-refractivity contribution >= 4 is 15.9 Å². The first kappa shape index (κ1) is 20.8. The van der Waals surface area contributed by atoms with E-state index >= 15 is 0 Å². The van der Waals surface area contributed by atoms with Crippen molar-refractivity contribution in [2.75, 3.05) is 19.8 Å². The summed E-state index contributed by atoms with van der Waals surface area (Å²) in [5.74, 6) is 0.279. The van der Waals surface area contributed by atoms with Gasteiger partial charge < -0.3 is 19.9 Å². The van der Waals surface area contributed by atoms with Gasteiger partial charge in [-0.15, -0.1) is 0 Å². The van der Waals surface area contributed by atoms with Gasteiger partial charge in [0.15, 0.2) is 5.79 Å². The van der Waals surface area contributed by atoms with Crippen molar-refractivity contribution in [3.63, 3.8) is 0 Å². The van der Waals surface area contributed by atoms with Gasteiger partial charge in [-0.25, -0.2) is 0 Å². The Morgan fingerprint density at radius 2 is 1.68 bits per heavy atom. The van der Waals surface area contributed by atoms with Crippen molar-refractivity contribution < 1.29 is 14.6 Å². The SMILES string of the molecule is CC1(C)COC2(CCC(O)(CCNC(c3ccc(Br)cc3)C3CC3)CC2)OC1. The van der Waals surface area contributed by atoms with Crippen molar-refractivity contribution in [2.45, 2.75) is 76.2 Å². The van der Waals surface area contributed by atoms with E-state index in [0.29, 0.717) is 6.04 Å². The Bertz CT molecular complexity index is 651. The highest BCUT2D eigenvalue weighted by Gasteiger charge is 2.47. The van der Waals surface area contributed by atoms with Crippen LogP contribution >= 0.6 is 15.9 Å². The predicted molar refractivity (Wildman–Crippen MR) is 114 cm³/mol. The Morgan fingerprint density at radius 3 is 2.25 bits per heavy atom. The minimum atomic E-state index is -0.605. The molecule has 3 fully saturated rings. The number of nitrogens with one attached hydrogen (secondary N) is 1. The van der Waals surface area contributed by atoms with E-state index in [9.17, 15) is 5.11 Å². The summed E-state index contributed by atoms with van der Waals surface area (Å²) in [6.45, 7) is 6.67. The molecule has 1 atom stereocenters. The number of halogens is 1. The molecule has 4 rings (SSSR count). The summed E-state index contributed by atoms with van der Waals surface area (Å²) in [4.78, 5) is 0. The van der Waals surface area contributed by atoms with Gasteiger partial charge in [-0.05, 0) is 62.3 Å². The van der Waals surface area contributed by atoms with Gasteiger partial charge in [-0.3, -0.25) is 0 Å². The van der Waals surface area contributed by atoms with Crippen LogP contribution in [0.1, 0.15) is 70.4 Å². The monoisotopic (exact) mass is 451 g/mol. The normalized spacial score (nSPS) is 26.9. The first-order valence-corrected chi connectivity index (χ1v) is 11.6. The molecule has 0 amide bonds. The van der Waals surface area contributed by atoms with E-state index in [0.717, 1.165) is 62.3 Å². The molecule has 0 radical (unpaired) electrons. The second-order valence-electron chi connectivity index (χ2n) is 9.95. The minimum Gasteiger partial charge on any atom is -0.390 e. The molecule has 1 aromatic carbocycles. The summed E-state index contributed by atoms with van der Waals surface area (Å²) >= 11 is 3.52. The van der Waals surface area contributed by atoms with Crippen LogP contribution in [-0.4, -0.2) is 36.3 Å². The fourth-order valence-corrected chi connectivity index (χ4v) is 4.75. The first-order valence-electron chi connectivity index (χ1n) is 10.8. The molecule has 3 aliphatic rings. The number of ether oxygens (including phenoxy) is 2. The number of hydrogen-bond acceptors (Lipinski definition) is 4. The summed E-state index contributed by atoms with van der Waals surface area (Å²) in [6.07, 6.45) is 6.46. The highest BCUT2D eigenvalue weighted by atomic mass is 79.9. The van der Waals surface area contributed by atoms with E-state index in [1.807, 2.05) is 0 Å². The van der Waals surface area contributed by atoms with Crippen LogP contribution in [0.5, 0.6) is 0 Å². The maximum Gasteiger partial charge on any atom is 0.168 e. The van der Waals surface area contributed by atoms with Gasteiger partial charge >= 0.3 is 0 Å². The quantitative estimate of drug-likeness (QED) is 0.641. The van der Waals surface area contributed by atoms with Crippen LogP contribution in [-0.2, 0) is 9.47 Å². The molecule has 1 aliphatic heterocycles. The van der Waals surface area contributed by atoms with Gasteiger partial charge in [0, 0.05) is 28.8 Å². The van der Waals surface area contributed by atoms with Gasteiger partial charge in [0.1, 0.15) is 0 Å². The lowest BCUT2D eigenvalue weighted by Gasteiger charge is -2.48. The molecule has 1 saturated heterocycles. The fraction of sp³-hybridized carbons (Fsp3) is 0.739. The van der Waals surface area contributed by atoms with Crippen LogP contribution in [0.25, 0.3) is 0 Å². The summed E-state index contributed by atoms with van der Waals surface area (Å²) in [7, 11) is 0. The molecule has 2 N–H and O–H groups in total. The third-order valence-corrected chi connectivity index (χ3v) is 7.20. The zero-order valence-corrected chi connectivity index (χ0v) is 18.8. The van der Waals surface area contributed by atoms with Crippen molar-refractivity contribution in [3.05, 3.63) is 34.3 Å². The van der Waals surface area contributed by atoms with Crippen LogP contribution in [0.4, 0.5) is 0 Å². The summed E-state index contributed by atoms with van der Waals surface area (Å²) in [5.41, 5.74) is 0.839. The first-order chi connectivity index (χ1) is 13.3. The van der Waals surface area contributed by atoms with Crippen LogP contribution in [0, 0.1) is 11.3 Å². The van der Waals surface area contributed by atoms with Crippen LogP contribution in [0.15, 0.2) is 28.7 Å². The molecule has 1 heterocycles. The lowest BCUT2D eigenvalue weighted by Crippen LogP contribution is -2.52. The van der Waals surface area contributed by atoms with Crippen molar-refractivity contribution in [1.82, 2.24) is 5.32 Å². The average Bonchev–Trinajstić information content (AvgIpc) is 3.50. The third kappa shape index (κ3) is 4.99. The molecular weight excluding hydrogens is 418 g/mol. The summed E-state index contributed by atoms with van der Waals surface area (Å²) in [6, 6.07) is 9.05. The van der Waals surface area contributed by atoms with Crippen molar-refractivity contribution in [2.24, 2.45) is 11.3 Å². The van der Waals surface area contributed by atoms with Crippen LogP contribution in [0.3, 0.4) is 0 Å². The molecule has 156 valence electrons. The Hall–Kier alpha value is -0.460. The van der Waals surface area contributed by atoms with Crippen molar-refractivity contribution in [1.29, 1.82) is 0 Å². The Labute approximate surface area is 177 Å². The second-order valence-corrected chi connectivity index (χ2v) is 10.9. The van der Waals surface area contributed by atoms with Gasteiger partial charge in [0.05, 0.1) is 18.8 Å². The van der Waals surface area contributed by atoms with E-state index in [2.05, 4.69) is 59.4 Å². The number of aliphatic hydroxyl groups is 1. The zero-order chi connectivity index (χ0) is 19.8. The van der Waals surface area contributed by atoms with Crippen LogP contribution < -0.4 is 5.32 Å². The molecule has 2 aliphatic carbocycles. The molecular formula is C23H34BrNO3. The Kier molecular flexibility index (Phi) is 5.94. The average molecular weight is 452 g/mol. The van der Waals surface area contributed by atoms with Crippen molar-refractivity contribution in [3.8, 4) is 0 Å². The Balaban J connectivity index is 1.27. The fourth-order valence-electron chi connectivity index (χ4n) is 4.49. The number of hydrogen-bond donors (Lipinski definition) is 2. The van der Waals surface area contributed by atoms with E-state index in [1.54, 1.807) is 0 Å². The third-order valence-electron chi connectivity index (χ3n) is 6.67.